The lowest BCUT2D eigenvalue weighted by atomic mass is 10.0. The number of halogens is 1. The van der Waals surface area contributed by atoms with Gasteiger partial charge in [0, 0.05) is 19.2 Å². The molecule has 32 heavy (non-hydrogen) atoms. The number of unbranched alkanes of at least 4 members (excludes halogenated alkanes) is 2. The van der Waals surface area contributed by atoms with Gasteiger partial charge in [-0.2, -0.15) is 0 Å². The minimum atomic E-state index is -1.01. The molecule has 0 aliphatic rings. The number of para-hydroxylation sites is 1. The highest BCUT2D eigenvalue weighted by Crippen LogP contribution is 2.31. The number of nitrogens with one attached hydrogen (secondary N) is 2. The third-order valence-electron chi connectivity index (χ3n) is 5.07. The Morgan fingerprint density at radius 1 is 1.00 bits per heavy atom. The minimum absolute atomic E-state index is 0.415. The molecule has 0 aromatic heterocycles. The highest BCUT2D eigenvalue weighted by molar-refractivity contribution is 6.33. The van der Waals surface area contributed by atoms with Gasteiger partial charge in [0.05, 0.1) is 22.1 Å². The normalized spacial score (nSPS) is 11.2. The van der Waals surface area contributed by atoms with Crippen LogP contribution < -0.4 is 15.5 Å². The van der Waals surface area contributed by atoms with E-state index in [0.717, 1.165) is 56.1 Å². The van der Waals surface area contributed by atoms with Crippen molar-refractivity contribution in [3.63, 3.8) is 0 Å². The number of amides is 2. The molecule has 2 amide bonds. The minimum Gasteiger partial charge on any atom is -0.478 e. The molecule has 172 valence electrons. The lowest BCUT2D eigenvalue weighted by Crippen LogP contribution is -2.28. The van der Waals surface area contributed by atoms with Crippen LogP contribution in [0.25, 0.3) is 5.57 Å². The van der Waals surface area contributed by atoms with Gasteiger partial charge in [0.1, 0.15) is 0 Å². The molecular formula is C25H32ClN3O3. The van der Waals surface area contributed by atoms with Crippen molar-refractivity contribution < 1.29 is 14.7 Å². The number of carboxylic acid groups (broad SMARTS) is 1. The fraction of sp³-hybridized carbons (Fsp3) is 0.360. The lowest BCUT2D eigenvalue weighted by molar-refractivity contribution is -0.131. The SMILES string of the molecule is CCCCN(CCCC)c1ccc(/C(C)=C/C(=O)O)cc1NC(=O)Nc1ccccc1Cl. The Bertz CT molecular complexity index is 951. The van der Waals surface area contributed by atoms with E-state index >= 15 is 0 Å². The number of carboxylic acids is 1. The van der Waals surface area contributed by atoms with Crippen LogP contribution in [0.1, 0.15) is 52.0 Å². The molecule has 2 rings (SSSR count). The average molecular weight is 458 g/mol. The Kier molecular flexibility index (Phi) is 10.1. The first-order valence-electron chi connectivity index (χ1n) is 11.0. The van der Waals surface area contributed by atoms with Crippen LogP contribution in [0.15, 0.2) is 48.5 Å². The first kappa shape index (κ1) is 25.3. The predicted molar refractivity (Wildman–Crippen MR) is 134 cm³/mol. The number of hydrogen-bond acceptors (Lipinski definition) is 3. The summed E-state index contributed by atoms with van der Waals surface area (Å²) in [5, 5.41) is 15.3. The smallest absolute Gasteiger partial charge is 0.328 e. The van der Waals surface area contributed by atoms with Crippen molar-refractivity contribution in [2.75, 3.05) is 28.6 Å². The average Bonchev–Trinajstić information content (AvgIpc) is 2.75. The summed E-state index contributed by atoms with van der Waals surface area (Å²) in [6.45, 7) is 7.79. The van der Waals surface area contributed by atoms with Crippen LogP contribution in [-0.2, 0) is 4.79 Å². The molecule has 0 saturated heterocycles. The Hall–Kier alpha value is -2.99. The maximum atomic E-state index is 12.8. The van der Waals surface area contributed by atoms with Gasteiger partial charge < -0.3 is 20.6 Å². The van der Waals surface area contributed by atoms with Crippen LogP contribution in [-0.4, -0.2) is 30.2 Å². The zero-order chi connectivity index (χ0) is 23.5. The van der Waals surface area contributed by atoms with Gasteiger partial charge in [0.15, 0.2) is 0 Å². The van der Waals surface area contributed by atoms with Gasteiger partial charge in [-0.3, -0.25) is 0 Å². The van der Waals surface area contributed by atoms with Crippen LogP contribution in [0.5, 0.6) is 0 Å². The molecule has 0 unspecified atom stereocenters. The van der Waals surface area contributed by atoms with Gasteiger partial charge in [0.25, 0.3) is 0 Å². The molecule has 2 aromatic carbocycles. The van der Waals surface area contributed by atoms with Crippen molar-refractivity contribution in [2.24, 2.45) is 0 Å². The Labute approximate surface area is 195 Å². The molecule has 0 atom stereocenters. The topological polar surface area (TPSA) is 81.7 Å². The van der Waals surface area contributed by atoms with Gasteiger partial charge in [-0.05, 0) is 55.2 Å². The second kappa shape index (κ2) is 12.8. The molecule has 0 radical (unpaired) electrons. The standard InChI is InChI=1S/C25H32ClN3O3/c1-4-6-14-29(15-7-5-2)23-13-12-19(18(3)16-24(30)31)17-22(23)28-25(32)27-21-11-9-8-10-20(21)26/h8-13,16-17H,4-7,14-15H2,1-3H3,(H,30,31)(H2,27,28,32)/b18-16+. The highest BCUT2D eigenvalue weighted by Gasteiger charge is 2.15. The van der Waals surface area contributed by atoms with E-state index in [1.165, 1.54) is 0 Å². The van der Waals surface area contributed by atoms with E-state index in [9.17, 15) is 9.59 Å². The molecule has 6 nitrogen and oxygen atoms in total. The highest BCUT2D eigenvalue weighted by atomic mass is 35.5. The molecule has 0 heterocycles. The van der Waals surface area contributed by atoms with Gasteiger partial charge in [-0.25, -0.2) is 9.59 Å². The quantitative estimate of drug-likeness (QED) is 0.321. The monoisotopic (exact) mass is 457 g/mol. The molecule has 0 bridgehead atoms. The summed E-state index contributed by atoms with van der Waals surface area (Å²) in [6, 6.07) is 12.3. The number of benzene rings is 2. The Balaban J connectivity index is 2.40. The number of anilines is 3. The molecule has 0 saturated carbocycles. The van der Waals surface area contributed by atoms with Crippen molar-refractivity contribution in [2.45, 2.75) is 46.5 Å². The Morgan fingerprint density at radius 3 is 2.22 bits per heavy atom. The van der Waals surface area contributed by atoms with Crippen LogP contribution in [0.3, 0.4) is 0 Å². The first-order chi connectivity index (χ1) is 15.3. The maximum Gasteiger partial charge on any atom is 0.328 e. The predicted octanol–water partition coefficient (Wildman–Crippen LogP) is 6.88. The Morgan fingerprint density at radius 2 is 1.62 bits per heavy atom. The van der Waals surface area contributed by atoms with E-state index in [2.05, 4.69) is 29.4 Å². The van der Waals surface area contributed by atoms with E-state index in [-0.39, 0.29) is 0 Å². The van der Waals surface area contributed by atoms with Crippen LogP contribution in [0.2, 0.25) is 5.02 Å². The van der Waals surface area contributed by atoms with Gasteiger partial charge in [0.2, 0.25) is 0 Å². The summed E-state index contributed by atoms with van der Waals surface area (Å²) in [6.07, 6.45) is 5.37. The number of carbonyl (C=O) groups excluding carboxylic acids is 1. The molecular weight excluding hydrogens is 426 g/mol. The number of carbonyl (C=O) groups is 2. The van der Waals surface area contributed by atoms with E-state index < -0.39 is 12.0 Å². The van der Waals surface area contributed by atoms with Gasteiger partial charge >= 0.3 is 12.0 Å². The molecule has 0 spiro atoms. The number of urea groups is 1. The molecule has 3 N–H and O–H groups in total. The van der Waals surface area contributed by atoms with Crippen molar-refractivity contribution >= 4 is 46.2 Å². The number of nitrogens with zero attached hydrogens (tertiary/aromatic N) is 1. The van der Waals surface area contributed by atoms with Crippen molar-refractivity contribution in [3.05, 3.63) is 59.1 Å². The summed E-state index contributed by atoms with van der Waals surface area (Å²) >= 11 is 6.17. The van der Waals surface area contributed by atoms with Crippen LogP contribution in [0.4, 0.5) is 21.9 Å². The largest absolute Gasteiger partial charge is 0.478 e. The van der Waals surface area contributed by atoms with Crippen molar-refractivity contribution in [1.82, 2.24) is 0 Å². The number of hydrogen-bond donors (Lipinski definition) is 3. The van der Waals surface area contributed by atoms with Crippen LogP contribution in [0, 0.1) is 0 Å². The lowest BCUT2D eigenvalue weighted by Gasteiger charge is -2.28. The maximum absolute atomic E-state index is 12.8. The summed E-state index contributed by atoms with van der Waals surface area (Å²) in [4.78, 5) is 26.2. The number of allylic oxidation sites excluding steroid dienone is 1. The van der Waals surface area contributed by atoms with Gasteiger partial charge in [-0.15, -0.1) is 0 Å². The zero-order valence-corrected chi connectivity index (χ0v) is 19.7. The van der Waals surface area contributed by atoms with E-state index in [0.29, 0.717) is 22.0 Å². The summed E-state index contributed by atoms with van der Waals surface area (Å²) < 4.78 is 0. The summed E-state index contributed by atoms with van der Waals surface area (Å²) in [7, 11) is 0. The third kappa shape index (κ3) is 7.61. The van der Waals surface area contributed by atoms with Crippen LogP contribution >= 0.6 is 11.6 Å². The van der Waals surface area contributed by atoms with E-state index in [1.54, 1.807) is 31.2 Å². The number of aliphatic carboxylic acids is 1. The van der Waals surface area contributed by atoms with Crippen molar-refractivity contribution in [3.8, 4) is 0 Å². The summed E-state index contributed by atoms with van der Waals surface area (Å²) in [5.74, 6) is -1.01. The van der Waals surface area contributed by atoms with E-state index in [4.69, 9.17) is 16.7 Å². The fourth-order valence-electron chi connectivity index (χ4n) is 3.31. The molecule has 2 aromatic rings. The first-order valence-corrected chi connectivity index (χ1v) is 11.4. The molecule has 0 fully saturated rings. The molecule has 7 heteroatoms. The van der Waals surface area contributed by atoms with E-state index in [1.807, 2.05) is 18.2 Å². The zero-order valence-electron chi connectivity index (χ0n) is 19.0. The second-order valence-corrected chi connectivity index (χ2v) is 8.06. The van der Waals surface area contributed by atoms with Crippen molar-refractivity contribution in [1.29, 1.82) is 0 Å². The molecule has 0 aliphatic carbocycles. The van der Waals surface area contributed by atoms with Gasteiger partial charge in [-0.1, -0.05) is 56.5 Å². The second-order valence-electron chi connectivity index (χ2n) is 7.65. The fourth-order valence-corrected chi connectivity index (χ4v) is 3.50. The third-order valence-corrected chi connectivity index (χ3v) is 5.40. The summed E-state index contributed by atoms with van der Waals surface area (Å²) in [5.41, 5.74) is 3.38. The number of rotatable bonds is 11. The molecule has 0 aliphatic heterocycles.